The molecule has 0 saturated carbocycles. The number of hydrogen-bond donors (Lipinski definition) is 0. The number of ether oxygens (including phenoxy) is 1. The predicted molar refractivity (Wildman–Crippen MR) is 124 cm³/mol. The number of halogens is 1. The van der Waals surface area contributed by atoms with Crippen LogP contribution in [-0.2, 0) is 6.42 Å². The maximum atomic E-state index is 12.5. The molecule has 1 amide bonds. The zero-order valence-electron chi connectivity index (χ0n) is 18.9. The molecular weight excluding hydrogens is 424 g/mol. The minimum Gasteiger partial charge on any atom is -0.530 e. The second-order valence-corrected chi connectivity index (χ2v) is 10.6. The Hall–Kier alpha value is -2.24. The van der Waals surface area contributed by atoms with Crippen LogP contribution in [0.1, 0.15) is 43.9 Å². The third-order valence-corrected chi connectivity index (χ3v) is 8.09. The van der Waals surface area contributed by atoms with E-state index in [4.69, 9.17) is 16.3 Å². The van der Waals surface area contributed by atoms with Crippen LogP contribution in [0.15, 0.2) is 36.4 Å². The van der Waals surface area contributed by atoms with E-state index in [1.165, 1.54) is 5.56 Å². The number of carboxylic acid groups (broad SMARTS) is 1. The number of hydrogen-bond acceptors (Lipinski definition) is 4. The molecule has 3 fully saturated rings. The number of carbonyl (C=O) groups is 1. The van der Waals surface area contributed by atoms with Crippen molar-refractivity contribution in [2.45, 2.75) is 45.2 Å². The van der Waals surface area contributed by atoms with E-state index in [2.05, 4.69) is 36.9 Å². The van der Waals surface area contributed by atoms with Crippen molar-refractivity contribution in [1.29, 1.82) is 0 Å². The Labute approximate surface area is 194 Å². The fourth-order valence-corrected chi connectivity index (χ4v) is 6.55. The van der Waals surface area contributed by atoms with Gasteiger partial charge in [0.05, 0.1) is 18.2 Å². The Kier molecular flexibility index (Phi) is 5.37. The summed E-state index contributed by atoms with van der Waals surface area (Å²) in [6.07, 6.45) is 1.92. The fourth-order valence-electron chi connectivity index (χ4n) is 6.27. The highest BCUT2D eigenvalue weighted by atomic mass is 35.5. The molecule has 3 heterocycles. The van der Waals surface area contributed by atoms with Gasteiger partial charge in [0, 0.05) is 18.2 Å². The van der Waals surface area contributed by atoms with E-state index in [1.54, 1.807) is 12.0 Å². The van der Waals surface area contributed by atoms with E-state index in [0.717, 1.165) is 61.3 Å². The third kappa shape index (κ3) is 3.56. The molecule has 2 atom stereocenters. The zero-order chi connectivity index (χ0) is 22.6. The Morgan fingerprint density at radius 2 is 1.94 bits per heavy atom. The molecule has 2 bridgehead atoms. The van der Waals surface area contributed by atoms with Gasteiger partial charge in [-0.25, -0.2) is 0 Å². The summed E-state index contributed by atoms with van der Waals surface area (Å²) in [6.45, 7) is 7.33. The maximum Gasteiger partial charge on any atom is 0.137 e. The molecule has 32 heavy (non-hydrogen) atoms. The van der Waals surface area contributed by atoms with Crippen LogP contribution in [0.4, 0.5) is 4.79 Å². The standard InChI is InChI=1S/C26H31ClN2O3/c1-26(2)14-18-12-17(20-7-5-19(32-3)13-22(20)27)4-6-21(18)24(26)29(25(30)31)23-15-28-10-8-16(23)9-11-28/h4-7,12-13,16,23-24H,8-11,14-15H2,1-3H3,(H,30,31)/p-1/t23-,24+/m1/s1. The molecular formula is C26H30ClN2O3-. The number of fused-ring (bicyclic) bond motifs is 4. The van der Waals surface area contributed by atoms with Gasteiger partial charge in [-0.05, 0) is 78.6 Å². The minimum atomic E-state index is -1.04. The van der Waals surface area contributed by atoms with Crippen LogP contribution in [0.25, 0.3) is 11.1 Å². The first-order valence-corrected chi connectivity index (χ1v) is 11.8. The monoisotopic (exact) mass is 453 g/mol. The SMILES string of the molecule is COc1ccc(-c2ccc3c(c2)CC(C)(C)[C@H]3N(C(=O)[O-])[C@@H]2CN3CCC2CC3)c(Cl)c1. The van der Waals surface area contributed by atoms with Gasteiger partial charge in [0.15, 0.2) is 0 Å². The summed E-state index contributed by atoms with van der Waals surface area (Å²) in [7, 11) is 1.63. The van der Waals surface area contributed by atoms with Crippen molar-refractivity contribution in [3.05, 3.63) is 52.5 Å². The largest absolute Gasteiger partial charge is 0.530 e. The molecule has 2 aromatic carbocycles. The molecule has 5 nitrogen and oxygen atoms in total. The topological polar surface area (TPSA) is 55.8 Å². The summed E-state index contributed by atoms with van der Waals surface area (Å²) in [5.41, 5.74) is 4.07. The van der Waals surface area contributed by atoms with Crippen molar-refractivity contribution in [2.24, 2.45) is 11.3 Å². The van der Waals surface area contributed by atoms with Crippen LogP contribution in [0.2, 0.25) is 5.02 Å². The number of piperidine rings is 3. The van der Waals surface area contributed by atoms with Gasteiger partial charge in [-0.2, -0.15) is 0 Å². The molecule has 6 heteroatoms. The Morgan fingerprint density at radius 1 is 1.19 bits per heavy atom. The zero-order valence-corrected chi connectivity index (χ0v) is 19.7. The highest BCUT2D eigenvalue weighted by Gasteiger charge is 2.48. The lowest BCUT2D eigenvalue weighted by Gasteiger charge is -2.53. The van der Waals surface area contributed by atoms with Crippen LogP contribution in [0.5, 0.6) is 5.75 Å². The van der Waals surface area contributed by atoms with E-state index < -0.39 is 6.09 Å². The molecule has 170 valence electrons. The number of amides is 1. The summed E-state index contributed by atoms with van der Waals surface area (Å²) in [5, 5.41) is 13.2. The highest BCUT2D eigenvalue weighted by Crippen LogP contribution is 2.51. The van der Waals surface area contributed by atoms with Crippen molar-refractivity contribution >= 4 is 17.7 Å². The fraction of sp³-hybridized carbons (Fsp3) is 0.500. The van der Waals surface area contributed by atoms with Crippen LogP contribution in [-0.4, -0.2) is 48.7 Å². The smallest absolute Gasteiger partial charge is 0.137 e. The van der Waals surface area contributed by atoms with Crippen LogP contribution in [0, 0.1) is 11.3 Å². The van der Waals surface area contributed by atoms with Gasteiger partial charge in [-0.3, -0.25) is 0 Å². The molecule has 0 N–H and O–H groups in total. The molecule has 2 aromatic rings. The highest BCUT2D eigenvalue weighted by molar-refractivity contribution is 6.33. The number of methoxy groups -OCH3 is 1. The lowest BCUT2D eigenvalue weighted by atomic mass is 9.79. The van der Waals surface area contributed by atoms with E-state index in [-0.39, 0.29) is 17.5 Å². The van der Waals surface area contributed by atoms with Crippen LogP contribution in [0.3, 0.4) is 0 Å². The van der Waals surface area contributed by atoms with Gasteiger partial charge >= 0.3 is 0 Å². The second kappa shape index (κ2) is 7.96. The number of nitrogens with zero attached hydrogens (tertiary/aromatic N) is 2. The molecule has 3 aliphatic heterocycles. The Bertz CT molecular complexity index is 1050. The Balaban J connectivity index is 1.52. The molecule has 4 aliphatic rings. The average molecular weight is 454 g/mol. The molecule has 0 unspecified atom stereocenters. The Morgan fingerprint density at radius 3 is 2.53 bits per heavy atom. The average Bonchev–Trinajstić information content (AvgIpc) is 3.03. The van der Waals surface area contributed by atoms with Gasteiger partial charge in [-0.1, -0.05) is 43.6 Å². The van der Waals surface area contributed by atoms with Crippen LogP contribution >= 0.6 is 11.6 Å². The van der Waals surface area contributed by atoms with E-state index in [0.29, 0.717) is 10.9 Å². The first-order valence-electron chi connectivity index (χ1n) is 11.5. The van der Waals surface area contributed by atoms with E-state index in [9.17, 15) is 9.90 Å². The van der Waals surface area contributed by atoms with Gasteiger partial charge in [0.2, 0.25) is 0 Å². The first-order chi connectivity index (χ1) is 15.3. The number of rotatable bonds is 4. The van der Waals surface area contributed by atoms with Crippen molar-refractivity contribution in [1.82, 2.24) is 9.80 Å². The lowest BCUT2D eigenvalue weighted by Crippen LogP contribution is -2.62. The summed E-state index contributed by atoms with van der Waals surface area (Å²) < 4.78 is 5.27. The van der Waals surface area contributed by atoms with Crippen molar-refractivity contribution in [2.75, 3.05) is 26.7 Å². The molecule has 1 aliphatic carbocycles. The normalized spacial score (nSPS) is 27.8. The second-order valence-electron chi connectivity index (χ2n) is 10.2. The van der Waals surface area contributed by atoms with Crippen molar-refractivity contribution < 1.29 is 14.6 Å². The number of carbonyl (C=O) groups excluding carboxylic acids is 1. The van der Waals surface area contributed by atoms with Gasteiger partial charge in [0.25, 0.3) is 0 Å². The van der Waals surface area contributed by atoms with Gasteiger partial charge in [-0.15, -0.1) is 0 Å². The maximum absolute atomic E-state index is 12.5. The quantitative estimate of drug-likeness (QED) is 0.689. The molecule has 0 aromatic heterocycles. The first kappa shape index (κ1) is 21.6. The van der Waals surface area contributed by atoms with E-state index >= 15 is 0 Å². The third-order valence-electron chi connectivity index (χ3n) is 7.78. The lowest BCUT2D eigenvalue weighted by molar-refractivity contribution is -0.276. The van der Waals surface area contributed by atoms with E-state index in [1.807, 2.05) is 18.2 Å². The molecule has 6 rings (SSSR count). The number of benzene rings is 2. The minimum absolute atomic E-state index is 0.00781. The van der Waals surface area contributed by atoms with Gasteiger partial charge in [0.1, 0.15) is 11.8 Å². The summed E-state index contributed by atoms with van der Waals surface area (Å²) >= 11 is 6.53. The molecule has 0 radical (unpaired) electrons. The molecule has 3 saturated heterocycles. The summed E-state index contributed by atoms with van der Waals surface area (Å²) in [5.74, 6) is 1.15. The van der Waals surface area contributed by atoms with Crippen molar-refractivity contribution in [3.63, 3.8) is 0 Å². The van der Waals surface area contributed by atoms with Gasteiger partial charge < -0.3 is 24.4 Å². The summed E-state index contributed by atoms with van der Waals surface area (Å²) in [6, 6.07) is 11.8. The van der Waals surface area contributed by atoms with Crippen molar-refractivity contribution in [3.8, 4) is 16.9 Å². The summed E-state index contributed by atoms with van der Waals surface area (Å²) in [4.78, 5) is 16.6. The predicted octanol–water partition coefficient (Wildman–Crippen LogP) is 4.38. The molecule has 0 spiro atoms. The van der Waals surface area contributed by atoms with Crippen LogP contribution < -0.4 is 9.84 Å².